The molecule has 0 heterocycles. The lowest BCUT2D eigenvalue weighted by molar-refractivity contribution is 0.0978. The highest BCUT2D eigenvalue weighted by molar-refractivity contribution is 6.32. The fraction of sp³-hybridized carbons (Fsp3) is 0. The smallest absolute Gasteiger partial charge is 0.255 e. The quantitative estimate of drug-likeness (QED) is 0.145. The summed E-state index contributed by atoms with van der Waals surface area (Å²) in [7, 11) is 0. The van der Waals surface area contributed by atoms with Gasteiger partial charge in [-0.15, -0.1) is 0 Å². The van der Waals surface area contributed by atoms with E-state index in [1.165, 1.54) is 0 Å². The van der Waals surface area contributed by atoms with E-state index < -0.39 is 11.8 Å². The van der Waals surface area contributed by atoms with Crippen molar-refractivity contribution < 1.29 is 28.8 Å². The highest BCUT2D eigenvalue weighted by Gasteiger charge is 2.33. The number of benzene rings is 8. The number of carbonyl (C=O) groups excluding carboxylic acids is 6. The molecule has 64 heavy (non-hydrogen) atoms. The summed E-state index contributed by atoms with van der Waals surface area (Å²) in [4.78, 5) is 79.6. The predicted molar refractivity (Wildman–Crippen MR) is 243 cm³/mol. The Morgan fingerprint density at radius 1 is 0.312 bits per heavy atom. The topological polar surface area (TPSA) is 151 Å². The maximum Gasteiger partial charge on any atom is 0.255 e. The fourth-order valence-corrected chi connectivity index (χ4v) is 8.07. The molecule has 8 aromatic carbocycles. The van der Waals surface area contributed by atoms with Crippen molar-refractivity contribution in [2.24, 2.45) is 10.2 Å². The van der Waals surface area contributed by atoms with Crippen LogP contribution in [0, 0.1) is 0 Å². The molecule has 0 aliphatic heterocycles. The predicted octanol–water partition coefficient (Wildman–Crippen LogP) is 11.5. The minimum atomic E-state index is -0.407. The van der Waals surface area contributed by atoms with Crippen molar-refractivity contribution in [3.63, 3.8) is 0 Å². The third-order valence-corrected chi connectivity index (χ3v) is 11.4. The lowest BCUT2D eigenvalue weighted by Crippen LogP contribution is -2.23. The number of nitrogens with one attached hydrogen (secondary N) is 2. The van der Waals surface area contributed by atoms with E-state index in [-0.39, 0.29) is 56.8 Å². The van der Waals surface area contributed by atoms with E-state index >= 15 is 0 Å². The van der Waals surface area contributed by atoms with Crippen molar-refractivity contribution in [2.45, 2.75) is 0 Å². The van der Waals surface area contributed by atoms with Gasteiger partial charge in [0.1, 0.15) is 0 Å². The van der Waals surface area contributed by atoms with Gasteiger partial charge >= 0.3 is 0 Å². The van der Waals surface area contributed by atoms with E-state index in [4.69, 9.17) is 0 Å². The third-order valence-electron chi connectivity index (χ3n) is 11.4. The Bertz CT molecular complexity index is 3080. The molecule has 0 radical (unpaired) electrons. The first-order valence-corrected chi connectivity index (χ1v) is 20.3. The van der Waals surface area contributed by atoms with Crippen LogP contribution in [0.1, 0.15) is 84.4 Å². The highest BCUT2D eigenvalue weighted by Crippen LogP contribution is 2.34. The summed E-state index contributed by atoms with van der Waals surface area (Å²) in [6, 6.07) is 52.4. The second-order valence-corrected chi connectivity index (χ2v) is 15.2. The molecule has 0 aromatic heterocycles. The molecule has 0 fully saturated rings. The minimum absolute atomic E-state index is 0.189. The number of fused-ring (bicyclic) bond motifs is 4. The average molecular weight is 833 g/mol. The molecule has 0 spiro atoms. The van der Waals surface area contributed by atoms with Gasteiger partial charge in [-0.1, -0.05) is 121 Å². The summed E-state index contributed by atoms with van der Waals surface area (Å²) in [6.07, 6.45) is 0. The van der Waals surface area contributed by atoms with Crippen molar-refractivity contribution in [3.8, 4) is 22.3 Å². The molecule has 0 unspecified atom stereocenters. The molecular formula is C54H32N4O6. The van der Waals surface area contributed by atoms with E-state index in [0.29, 0.717) is 44.8 Å². The van der Waals surface area contributed by atoms with E-state index in [2.05, 4.69) is 20.9 Å². The average Bonchev–Trinajstić information content (AvgIpc) is 3.34. The van der Waals surface area contributed by atoms with Crippen LogP contribution in [-0.2, 0) is 0 Å². The van der Waals surface area contributed by atoms with Crippen LogP contribution >= 0.6 is 0 Å². The number of amides is 2. The van der Waals surface area contributed by atoms with Gasteiger partial charge < -0.3 is 10.6 Å². The molecule has 304 valence electrons. The molecule has 0 atom stereocenters. The summed E-state index contributed by atoms with van der Waals surface area (Å²) in [6.45, 7) is 0. The lowest BCUT2D eigenvalue weighted by atomic mass is 9.83. The van der Waals surface area contributed by atoms with Crippen molar-refractivity contribution in [1.29, 1.82) is 0 Å². The van der Waals surface area contributed by atoms with Crippen LogP contribution in [0.4, 0.5) is 22.7 Å². The van der Waals surface area contributed by atoms with Crippen LogP contribution in [0.3, 0.4) is 0 Å². The van der Waals surface area contributed by atoms with E-state index in [1.807, 2.05) is 72.8 Å². The summed E-state index contributed by atoms with van der Waals surface area (Å²) in [5, 5.41) is 14.5. The molecule has 2 N–H and O–H groups in total. The molecule has 10 heteroatoms. The minimum Gasteiger partial charge on any atom is -0.321 e. The first kappa shape index (κ1) is 39.1. The van der Waals surface area contributed by atoms with Gasteiger partial charge in [0.2, 0.25) is 0 Å². The number of hydrogen-bond donors (Lipinski definition) is 2. The number of azo groups is 1. The Morgan fingerprint density at radius 3 is 0.953 bits per heavy atom. The van der Waals surface area contributed by atoms with Crippen LogP contribution in [0.25, 0.3) is 22.3 Å². The van der Waals surface area contributed by atoms with Gasteiger partial charge in [-0.05, 0) is 82.9 Å². The van der Waals surface area contributed by atoms with Gasteiger partial charge in [-0.2, -0.15) is 10.2 Å². The molecule has 0 bridgehead atoms. The van der Waals surface area contributed by atoms with E-state index in [0.717, 1.165) is 22.3 Å². The number of rotatable bonds is 8. The van der Waals surface area contributed by atoms with Gasteiger partial charge in [-0.3, -0.25) is 28.8 Å². The number of hydrogen-bond acceptors (Lipinski definition) is 8. The molecule has 2 aliphatic carbocycles. The number of ketones is 4. The Kier molecular flexibility index (Phi) is 9.85. The molecule has 2 amide bonds. The summed E-state index contributed by atoms with van der Waals surface area (Å²) in [5.74, 6) is -1.93. The molecular weight excluding hydrogens is 801 g/mol. The Labute approximate surface area is 366 Å². The van der Waals surface area contributed by atoms with Gasteiger partial charge in [0.25, 0.3) is 11.8 Å². The normalized spacial score (nSPS) is 12.6. The van der Waals surface area contributed by atoms with E-state index in [1.54, 1.807) is 109 Å². The van der Waals surface area contributed by atoms with Gasteiger partial charge in [-0.25, -0.2) is 0 Å². The standard InChI is InChI=1S/C54H32N4O6/c59-49-39-7-1-3-9-41(39)51(61)47-43(49)11-5-13-45(47)55-53(63)35-19-15-31(16-20-35)33-23-27-37(28-24-33)57-58-38-29-25-34(26-30-38)32-17-21-36(22-18-32)54(64)56-46-14-6-12-44-48(46)52(62)42-10-4-2-8-40(42)50(44)60/h1-30H,(H,55,63)(H,56,64). The zero-order chi connectivity index (χ0) is 43.9. The van der Waals surface area contributed by atoms with Crippen LogP contribution in [0.15, 0.2) is 192 Å². The molecule has 10 rings (SSSR count). The maximum atomic E-state index is 13.4. The third kappa shape index (κ3) is 7.10. The van der Waals surface area contributed by atoms with Crippen LogP contribution in [0.5, 0.6) is 0 Å². The van der Waals surface area contributed by atoms with Crippen LogP contribution < -0.4 is 10.6 Å². The summed E-state index contributed by atoms with van der Waals surface area (Å²) >= 11 is 0. The molecule has 0 saturated heterocycles. The van der Waals surface area contributed by atoms with Crippen molar-refractivity contribution in [1.82, 2.24) is 0 Å². The number of carbonyl (C=O) groups is 6. The Hall–Kier alpha value is -9.02. The fourth-order valence-electron chi connectivity index (χ4n) is 8.07. The first-order valence-electron chi connectivity index (χ1n) is 20.3. The van der Waals surface area contributed by atoms with Crippen molar-refractivity contribution in [2.75, 3.05) is 10.6 Å². The Morgan fingerprint density at radius 2 is 0.609 bits per heavy atom. The second kappa shape index (κ2) is 16.1. The molecule has 10 nitrogen and oxygen atoms in total. The summed E-state index contributed by atoms with van der Waals surface area (Å²) in [5.41, 5.74) is 8.48. The van der Waals surface area contributed by atoms with Crippen molar-refractivity contribution >= 4 is 57.7 Å². The monoisotopic (exact) mass is 832 g/mol. The molecule has 0 saturated carbocycles. The largest absolute Gasteiger partial charge is 0.321 e. The van der Waals surface area contributed by atoms with E-state index in [9.17, 15) is 28.8 Å². The Balaban J connectivity index is 0.757. The molecule has 2 aliphatic rings. The SMILES string of the molecule is O=C(Nc1cccc2c1C(=O)c1ccccc1C2=O)c1ccc(-c2ccc(N=Nc3ccc(-c4ccc(C(=O)Nc5cccc6c5C(=O)c5ccccc5C6=O)cc4)cc3)cc2)cc1. The number of nitrogens with zero attached hydrogens (tertiary/aromatic N) is 2. The summed E-state index contributed by atoms with van der Waals surface area (Å²) < 4.78 is 0. The second-order valence-electron chi connectivity index (χ2n) is 15.2. The van der Waals surface area contributed by atoms with Gasteiger partial charge in [0, 0.05) is 44.5 Å². The van der Waals surface area contributed by atoms with Crippen molar-refractivity contribution in [3.05, 3.63) is 238 Å². The van der Waals surface area contributed by atoms with Crippen LogP contribution in [-0.4, -0.2) is 34.9 Å². The van der Waals surface area contributed by atoms with Crippen LogP contribution in [0.2, 0.25) is 0 Å². The zero-order valence-corrected chi connectivity index (χ0v) is 33.7. The first-order chi connectivity index (χ1) is 31.2. The zero-order valence-electron chi connectivity index (χ0n) is 33.7. The van der Waals surface area contributed by atoms with Gasteiger partial charge in [0.05, 0.1) is 33.9 Å². The highest BCUT2D eigenvalue weighted by atomic mass is 16.2. The maximum absolute atomic E-state index is 13.4. The lowest BCUT2D eigenvalue weighted by Gasteiger charge is -2.20. The molecule has 8 aromatic rings. The number of anilines is 2. The van der Waals surface area contributed by atoms with Gasteiger partial charge in [0.15, 0.2) is 23.1 Å².